The highest BCUT2D eigenvalue weighted by atomic mass is 35.5. The van der Waals surface area contributed by atoms with Gasteiger partial charge >= 0.3 is 0 Å². The maximum Gasteiger partial charge on any atom is 0.125 e. The van der Waals surface area contributed by atoms with Crippen LogP contribution in [0.1, 0.15) is 30.0 Å². The first kappa shape index (κ1) is 12.2. The van der Waals surface area contributed by atoms with Crippen molar-refractivity contribution in [2.75, 3.05) is 6.54 Å². The van der Waals surface area contributed by atoms with E-state index >= 15 is 0 Å². The molecule has 0 amide bonds. The molecule has 1 aromatic carbocycles. The molecule has 0 aliphatic rings. The van der Waals surface area contributed by atoms with Gasteiger partial charge in [0.05, 0.1) is 6.04 Å². The number of nitrogens with one attached hydrogen (secondary N) is 1. The Morgan fingerprint density at radius 1 is 1.18 bits per heavy atom. The Bertz CT molecular complexity index is 475. The van der Waals surface area contributed by atoms with Crippen molar-refractivity contribution in [3.05, 3.63) is 58.5 Å². The van der Waals surface area contributed by atoms with Gasteiger partial charge in [-0.05, 0) is 43.3 Å². The van der Waals surface area contributed by atoms with Gasteiger partial charge < -0.3 is 9.73 Å². The van der Waals surface area contributed by atoms with Crippen LogP contribution in [-0.2, 0) is 0 Å². The van der Waals surface area contributed by atoms with E-state index in [1.54, 1.807) is 0 Å². The molecule has 17 heavy (non-hydrogen) atoms. The number of hydrogen-bond donors (Lipinski definition) is 1. The van der Waals surface area contributed by atoms with Crippen molar-refractivity contribution in [2.24, 2.45) is 0 Å². The van der Waals surface area contributed by atoms with Crippen LogP contribution in [0.3, 0.4) is 0 Å². The Morgan fingerprint density at radius 2 is 1.88 bits per heavy atom. The molecule has 0 aliphatic carbocycles. The van der Waals surface area contributed by atoms with Crippen molar-refractivity contribution in [3.8, 4) is 0 Å². The summed E-state index contributed by atoms with van der Waals surface area (Å²) >= 11 is 5.90. The predicted octanol–water partition coefficient (Wildman–Crippen LogP) is 3.94. The molecule has 0 bridgehead atoms. The minimum Gasteiger partial charge on any atom is -0.464 e. The molecule has 0 saturated carbocycles. The molecular weight excluding hydrogens is 234 g/mol. The van der Waals surface area contributed by atoms with Crippen LogP contribution in [-0.4, -0.2) is 6.54 Å². The molecule has 0 aliphatic heterocycles. The molecule has 2 rings (SSSR count). The zero-order chi connectivity index (χ0) is 12.3. The number of benzene rings is 1. The Hall–Kier alpha value is -1.25. The van der Waals surface area contributed by atoms with Gasteiger partial charge in [-0.2, -0.15) is 0 Å². The fourth-order valence-electron chi connectivity index (χ4n) is 1.85. The van der Waals surface area contributed by atoms with Crippen molar-refractivity contribution >= 4 is 11.6 Å². The van der Waals surface area contributed by atoms with E-state index in [1.807, 2.05) is 43.3 Å². The summed E-state index contributed by atoms with van der Waals surface area (Å²) in [6, 6.07) is 11.9. The fourth-order valence-corrected chi connectivity index (χ4v) is 1.98. The van der Waals surface area contributed by atoms with Crippen molar-refractivity contribution in [3.63, 3.8) is 0 Å². The summed E-state index contributed by atoms with van der Waals surface area (Å²) in [5, 5.41) is 4.16. The summed E-state index contributed by atoms with van der Waals surface area (Å²) in [7, 11) is 0. The van der Waals surface area contributed by atoms with Crippen LogP contribution in [0, 0.1) is 6.92 Å². The van der Waals surface area contributed by atoms with Crippen molar-refractivity contribution in [1.29, 1.82) is 0 Å². The van der Waals surface area contributed by atoms with E-state index in [-0.39, 0.29) is 6.04 Å². The molecule has 0 radical (unpaired) electrons. The van der Waals surface area contributed by atoms with Gasteiger partial charge in [-0.3, -0.25) is 0 Å². The van der Waals surface area contributed by atoms with Crippen LogP contribution < -0.4 is 5.32 Å². The van der Waals surface area contributed by atoms with Crippen LogP contribution in [0.15, 0.2) is 40.8 Å². The SMILES string of the molecule is CCNC(c1ccc(Cl)cc1)c1ccc(C)o1. The van der Waals surface area contributed by atoms with Gasteiger partial charge in [-0.15, -0.1) is 0 Å². The van der Waals surface area contributed by atoms with E-state index in [9.17, 15) is 0 Å². The maximum absolute atomic E-state index is 5.90. The third-order valence-electron chi connectivity index (χ3n) is 2.66. The van der Waals surface area contributed by atoms with E-state index in [0.717, 1.165) is 28.7 Å². The van der Waals surface area contributed by atoms with Gasteiger partial charge in [0.1, 0.15) is 11.5 Å². The average Bonchev–Trinajstić information content (AvgIpc) is 2.74. The van der Waals surface area contributed by atoms with Gasteiger partial charge in [0.2, 0.25) is 0 Å². The van der Waals surface area contributed by atoms with E-state index < -0.39 is 0 Å². The van der Waals surface area contributed by atoms with Crippen LogP contribution >= 0.6 is 11.6 Å². The van der Waals surface area contributed by atoms with Gasteiger partial charge in [-0.1, -0.05) is 30.7 Å². The maximum atomic E-state index is 5.90. The lowest BCUT2D eigenvalue weighted by Crippen LogP contribution is -2.21. The molecule has 90 valence electrons. The van der Waals surface area contributed by atoms with Crippen molar-refractivity contribution < 1.29 is 4.42 Å². The Morgan fingerprint density at radius 3 is 2.41 bits per heavy atom. The topological polar surface area (TPSA) is 25.2 Å². The van der Waals surface area contributed by atoms with E-state index in [2.05, 4.69) is 12.2 Å². The Kier molecular flexibility index (Phi) is 3.87. The highest BCUT2D eigenvalue weighted by Gasteiger charge is 2.15. The molecule has 0 spiro atoms. The lowest BCUT2D eigenvalue weighted by Gasteiger charge is -2.16. The highest BCUT2D eigenvalue weighted by Crippen LogP contribution is 2.24. The number of aryl methyl sites for hydroxylation is 1. The number of hydrogen-bond acceptors (Lipinski definition) is 2. The summed E-state index contributed by atoms with van der Waals surface area (Å²) in [6.07, 6.45) is 0. The first-order chi connectivity index (χ1) is 8.20. The molecule has 1 atom stereocenters. The molecule has 2 nitrogen and oxygen atoms in total. The monoisotopic (exact) mass is 249 g/mol. The predicted molar refractivity (Wildman–Crippen MR) is 70.4 cm³/mol. The Labute approximate surface area is 107 Å². The second-order valence-corrected chi connectivity index (χ2v) is 4.43. The smallest absolute Gasteiger partial charge is 0.125 e. The first-order valence-electron chi connectivity index (χ1n) is 5.76. The summed E-state index contributed by atoms with van der Waals surface area (Å²) < 4.78 is 5.69. The highest BCUT2D eigenvalue weighted by molar-refractivity contribution is 6.30. The van der Waals surface area contributed by atoms with Gasteiger partial charge in [-0.25, -0.2) is 0 Å². The second kappa shape index (κ2) is 5.39. The van der Waals surface area contributed by atoms with Crippen LogP contribution in [0.25, 0.3) is 0 Å². The molecule has 3 heteroatoms. The standard InChI is InChI=1S/C14H16ClNO/c1-3-16-14(13-9-4-10(2)17-13)11-5-7-12(15)8-6-11/h4-9,14,16H,3H2,1-2H3. The largest absolute Gasteiger partial charge is 0.464 e. The third kappa shape index (κ3) is 2.90. The van der Waals surface area contributed by atoms with E-state index in [4.69, 9.17) is 16.0 Å². The minimum atomic E-state index is 0.0889. The van der Waals surface area contributed by atoms with Crippen molar-refractivity contribution in [1.82, 2.24) is 5.32 Å². The molecule has 1 heterocycles. The molecule has 1 aromatic heterocycles. The fraction of sp³-hybridized carbons (Fsp3) is 0.286. The molecule has 1 N–H and O–H groups in total. The Balaban J connectivity index is 2.31. The van der Waals surface area contributed by atoms with Crippen LogP contribution in [0.4, 0.5) is 0 Å². The summed E-state index contributed by atoms with van der Waals surface area (Å²) in [6.45, 7) is 4.92. The van der Waals surface area contributed by atoms with Gasteiger partial charge in [0, 0.05) is 5.02 Å². The van der Waals surface area contributed by atoms with Crippen LogP contribution in [0.5, 0.6) is 0 Å². The molecular formula is C14H16ClNO. The average molecular weight is 250 g/mol. The zero-order valence-electron chi connectivity index (χ0n) is 10.0. The quantitative estimate of drug-likeness (QED) is 0.888. The van der Waals surface area contributed by atoms with Crippen LogP contribution in [0.2, 0.25) is 5.02 Å². The summed E-state index contributed by atoms with van der Waals surface area (Å²) in [5.41, 5.74) is 1.16. The zero-order valence-corrected chi connectivity index (χ0v) is 10.8. The summed E-state index contributed by atoms with van der Waals surface area (Å²) in [5.74, 6) is 1.86. The van der Waals surface area contributed by atoms with Gasteiger partial charge in [0.15, 0.2) is 0 Å². The van der Waals surface area contributed by atoms with Gasteiger partial charge in [0.25, 0.3) is 0 Å². The van der Waals surface area contributed by atoms with Crippen molar-refractivity contribution in [2.45, 2.75) is 19.9 Å². The first-order valence-corrected chi connectivity index (χ1v) is 6.13. The number of rotatable bonds is 4. The minimum absolute atomic E-state index is 0.0889. The normalized spacial score (nSPS) is 12.6. The molecule has 0 fully saturated rings. The molecule has 1 unspecified atom stereocenters. The number of halogens is 1. The molecule has 2 aromatic rings. The lowest BCUT2D eigenvalue weighted by molar-refractivity contribution is 0.435. The van der Waals surface area contributed by atoms with E-state index in [1.165, 1.54) is 0 Å². The lowest BCUT2D eigenvalue weighted by atomic mass is 10.0. The third-order valence-corrected chi connectivity index (χ3v) is 2.91. The summed E-state index contributed by atoms with van der Waals surface area (Å²) in [4.78, 5) is 0. The number of furan rings is 1. The van der Waals surface area contributed by atoms with E-state index in [0.29, 0.717) is 0 Å². The second-order valence-electron chi connectivity index (χ2n) is 3.99. The molecule has 0 saturated heterocycles.